The molecule has 3 nitrogen and oxygen atoms in total. The SMILES string of the molecule is CC(C)Nc1ccc(B(O)O)c(-c2ccccc2)c1. The molecule has 0 saturated heterocycles. The lowest BCUT2D eigenvalue weighted by Gasteiger charge is -2.15. The smallest absolute Gasteiger partial charge is 0.423 e. The molecule has 0 fully saturated rings. The summed E-state index contributed by atoms with van der Waals surface area (Å²) in [6.45, 7) is 4.13. The van der Waals surface area contributed by atoms with Crippen LogP contribution in [-0.4, -0.2) is 23.2 Å². The summed E-state index contributed by atoms with van der Waals surface area (Å²) in [5, 5.41) is 22.3. The van der Waals surface area contributed by atoms with Gasteiger partial charge >= 0.3 is 7.12 Å². The third-order valence-electron chi connectivity index (χ3n) is 2.87. The van der Waals surface area contributed by atoms with Crippen LogP contribution < -0.4 is 10.8 Å². The minimum atomic E-state index is -1.47. The lowest BCUT2D eigenvalue weighted by atomic mass is 9.75. The zero-order valence-corrected chi connectivity index (χ0v) is 11.2. The summed E-state index contributed by atoms with van der Waals surface area (Å²) in [6.07, 6.45) is 0. The molecule has 0 heterocycles. The van der Waals surface area contributed by atoms with E-state index in [2.05, 4.69) is 19.2 Å². The van der Waals surface area contributed by atoms with Gasteiger partial charge in [0.25, 0.3) is 0 Å². The average molecular weight is 255 g/mol. The summed E-state index contributed by atoms with van der Waals surface area (Å²) < 4.78 is 0. The fraction of sp³-hybridized carbons (Fsp3) is 0.200. The largest absolute Gasteiger partial charge is 0.489 e. The number of benzene rings is 2. The molecule has 0 amide bonds. The van der Waals surface area contributed by atoms with Crippen LogP contribution in [0.4, 0.5) is 5.69 Å². The van der Waals surface area contributed by atoms with Crippen molar-refractivity contribution in [1.82, 2.24) is 0 Å². The van der Waals surface area contributed by atoms with Crippen molar-refractivity contribution in [3.05, 3.63) is 48.5 Å². The normalized spacial score (nSPS) is 10.6. The Kier molecular flexibility index (Phi) is 4.25. The van der Waals surface area contributed by atoms with Gasteiger partial charge < -0.3 is 15.4 Å². The first-order chi connectivity index (χ1) is 9.08. The summed E-state index contributed by atoms with van der Waals surface area (Å²) in [5.41, 5.74) is 3.29. The molecule has 0 atom stereocenters. The minimum Gasteiger partial charge on any atom is -0.423 e. The van der Waals surface area contributed by atoms with Gasteiger partial charge in [-0.25, -0.2) is 0 Å². The summed E-state index contributed by atoms with van der Waals surface area (Å²) in [4.78, 5) is 0. The van der Waals surface area contributed by atoms with Crippen LogP contribution in [-0.2, 0) is 0 Å². The first-order valence-corrected chi connectivity index (χ1v) is 6.40. The van der Waals surface area contributed by atoms with Crippen LogP contribution in [0.1, 0.15) is 13.8 Å². The van der Waals surface area contributed by atoms with Gasteiger partial charge in [-0.2, -0.15) is 0 Å². The van der Waals surface area contributed by atoms with E-state index in [9.17, 15) is 10.0 Å². The Morgan fingerprint density at radius 1 is 1.00 bits per heavy atom. The molecule has 0 unspecified atom stereocenters. The molecule has 2 rings (SSSR count). The van der Waals surface area contributed by atoms with E-state index in [4.69, 9.17) is 0 Å². The molecule has 0 aliphatic rings. The molecule has 0 aromatic heterocycles. The first-order valence-electron chi connectivity index (χ1n) is 6.40. The van der Waals surface area contributed by atoms with E-state index >= 15 is 0 Å². The Morgan fingerprint density at radius 2 is 1.68 bits per heavy atom. The highest BCUT2D eigenvalue weighted by Crippen LogP contribution is 2.21. The number of rotatable bonds is 4. The van der Waals surface area contributed by atoms with Crippen LogP contribution in [0.15, 0.2) is 48.5 Å². The third-order valence-corrected chi connectivity index (χ3v) is 2.87. The highest BCUT2D eigenvalue weighted by atomic mass is 16.4. The lowest BCUT2D eigenvalue weighted by Crippen LogP contribution is -2.31. The summed E-state index contributed by atoms with van der Waals surface area (Å²) >= 11 is 0. The van der Waals surface area contributed by atoms with Crippen LogP contribution >= 0.6 is 0 Å². The van der Waals surface area contributed by atoms with Crippen molar-refractivity contribution in [2.75, 3.05) is 5.32 Å². The van der Waals surface area contributed by atoms with Crippen molar-refractivity contribution in [3.63, 3.8) is 0 Å². The highest BCUT2D eigenvalue weighted by molar-refractivity contribution is 6.60. The summed E-state index contributed by atoms with van der Waals surface area (Å²) in [6, 6.07) is 15.6. The second-order valence-corrected chi connectivity index (χ2v) is 4.84. The van der Waals surface area contributed by atoms with E-state index in [0.717, 1.165) is 16.8 Å². The van der Waals surface area contributed by atoms with Gasteiger partial charge in [0.15, 0.2) is 0 Å². The van der Waals surface area contributed by atoms with Crippen LogP contribution in [0.3, 0.4) is 0 Å². The fourth-order valence-electron chi connectivity index (χ4n) is 2.07. The maximum atomic E-state index is 9.47. The first kappa shape index (κ1) is 13.7. The van der Waals surface area contributed by atoms with Gasteiger partial charge in [-0.3, -0.25) is 0 Å². The van der Waals surface area contributed by atoms with Crippen LogP contribution in [0.5, 0.6) is 0 Å². The van der Waals surface area contributed by atoms with Crippen LogP contribution in [0, 0.1) is 0 Å². The molecule has 0 aliphatic heterocycles. The zero-order chi connectivity index (χ0) is 13.8. The second kappa shape index (κ2) is 5.91. The molecule has 4 heteroatoms. The van der Waals surface area contributed by atoms with E-state index in [-0.39, 0.29) is 0 Å². The molecule has 3 N–H and O–H groups in total. The van der Waals surface area contributed by atoms with Crippen LogP contribution in [0.2, 0.25) is 0 Å². The average Bonchev–Trinajstić information content (AvgIpc) is 2.38. The standard InChI is InChI=1S/C15H18BNO2/c1-11(2)17-13-8-9-15(16(18)19)14(10-13)12-6-4-3-5-7-12/h3-11,17-19H,1-2H3. The van der Waals surface area contributed by atoms with E-state index in [1.807, 2.05) is 42.5 Å². The highest BCUT2D eigenvalue weighted by Gasteiger charge is 2.17. The van der Waals surface area contributed by atoms with Gasteiger partial charge in [0.05, 0.1) is 0 Å². The molecule has 0 aliphatic carbocycles. The molecule has 0 radical (unpaired) electrons. The van der Waals surface area contributed by atoms with E-state index in [1.54, 1.807) is 6.07 Å². The second-order valence-electron chi connectivity index (χ2n) is 4.84. The number of hydrogen-bond acceptors (Lipinski definition) is 3. The molecule has 2 aromatic rings. The Labute approximate surface area is 114 Å². The van der Waals surface area contributed by atoms with Crippen molar-refractivity contribution >= 4 is 18.3 Å². The molecule has 2 aromatic carbocycles. The van der Waals surface area contributed by atoms with Crippen molar-refractivity contribution in [1.29, 1.82) is 0 Å². The Bertz CT molecular complexity index is 541. The van der Waals surface area contributed by atoms with E-state index in [0.29, 0.717) is 11.5 Å². The maximum absolute atomic E-state index is 9.47. The van der Waals surface area contributed by atoms with Gasteiger partial charge in [-0.1, -0.05) is 36.4 Å². The number of hydrogen-bond donors (Lipinski definition) is 3. The Morgan fingerprint density at radius 3 is 2.26 bits per heavy atom. The molecule has 98 valence electrons. The third kappa shape index (κ3) is 3.37. The van der Waals surface area contributed by atoms with Gasteiger partial charge in [0.2, 0.25) is 0 Å². The predicted molar refractivity (Wildman–Crippen MR) is 80.5 cm³/mol. The summed E-state index contributed by atoms with van der Waals surface area (Å²) in [7, 11) is -1.47. The summed E-state index contributed by atoms with van der Waals surface area (Å²) in [5.74, 6) is 0. The molecular weight excluding hydrogens is 237 g/mol. The number of nitrogens with one attached hydrogen (secondary N) is 1. The lowest BCUT2D eigenvalue weighted by molar-refractivity contribution is 0.426. The van der Waals surface area contributed by atoms with E-state index < -0.39 is 7.12 Å². The fourth-order valence-corrected chi connectivity index (χ4v) is 2.07. The molecular formula is C15H18BNO2. The topological polar surface area (TPSA) is 52.5 Å². The van der Waals surface area contributed by atoms with Crippen molar-refractivity contribution < 1.29 is 10.0 Å². The predicted octanol–water partition coefficient (Wildman–Crippen LogP) is 1.85. The molecule has 0 saturated carbocycles. The maximum Gasteiger partial charge on any atom is 0.489 e. The van der Waals surface area contributed by atoms with Crippen LogP contribution in [0.25, 0.3) is 11.1 Å². The van der Waals surface area contributed by atoms with E-state index in [1.165, 1.54) is 0 Å². The van der Waals surface area contributed by atoms with Gasteiger partial charge in [-0.05, 0) is 42.6 Å². The molecule has 0 bridgehead atoms. The quantitative estimate of drug-likeness (QED) is 0.731. The van der Waals surface area contributed by atoms with Gasteiger partial charge in [-0.15, -0.1) is 0 Å². The Hall–Kier alpha value is -1.78. The van der Waals surface area contributed by atoms with Crippen molar-refractivity contribution in [2.45, 2.75) is 19.9 Å². The van der Waals surface area contributed by atoms with Crippen molar-refractivity contribution in [2.24, 2.45) is 0 Å². The molecule has 0 spiro atoms. The monoisotopic (exact) mass is 255 g/mol. The number of anilines is 1. The van der Waals surface area contributed by atoms with Gasteiger partial charge in [0, 0.05) is 11.7 Å². The Balaban J connectivity index is 2.48. The molecule has 19 heavy (non-hydrogen) atoms. The van der Waals surface area contributed by atoms with Gasteiger partial charge in [0.1, 0.15) is 0 Å². The zero-order valence-electron chi connectivity index (χ0n) is 11.2. The minimum absolute atomic E-state index is 0.327. The van der Waals surface area contributed by atoms with Crippen molar-refractivity contribution in [3.8, 4) is 11.1 Å².